The van der Waals surface area contributed by atoms with Crippen molar-refractivity contribution in [2.45, 2.75) is 13.2 Å². The Kier molecular flexibility index (Phi) is 6.67. The van der Waals surface area contributed by atoms with E-state index < -0.39 is 0 Å². The largest absolute Gasteiger partial charge is 0.493 e. The van der Waals surface area contributed by atoms with Gasteiger partial charge in [0.05, 0.1) is 18.7 Å². The highest BCUT2D eigenvalue weighted by atomic mass is 35.5. The molecule has 10 heteroatoms. The van der Waals surface area contributed by atoms with Crippen molar-refractivity contribution >= 4 is 23.8 Å². The van der Waals surface area contributed by atoms with Gasteiger partial charge in [-0.3, -0.25) is 4.98 Å². The summed E-state index contributed by atoms with van der Waals surface area (Å²) in [5.74, 6) is 1.24. The average molecular weight is 472 g/mol. The number of nitrogens with one attached hydrogen (secondary N) is 2. The van der Waals surface area contributed by atoms with Gasteiger partial charge in [-0.2, -0.15) is 5.10 Å². The number of hydrogen-bond acceptors (Lipinski definition) is 6. The van der Waals surface area contributed by atoms with Crippen molar-refractivity contribution in [3.05, 3.63) is 87.7 Å². The van der Waals surface area contributed by atoms with E-state index in [1.165, 1.54) is 12.1 Å². The van der Waals surface area contributed by atoms with Gasteiger partial charge in [-0.25, -0.2) is 14.2 Å². The van der Waals surface area contributed by atoms with Crippen molar-refractivity contribution in [3.8, 4) is 22.9 Å². The molecule has 0 bridgehead atoms. The van der Waals surface area contributed by atoms with Crippen LogP contribution < -0.4 is 14.9 Å². The van der Waals surface area contributed by atoms with Crippen LogP contribution in [0.4, 0.5) is 4.39 Å². The van der Waals surface area contributed by atoms with Crippen molar-refractivity contribution < 1.29 is 13.9 Å². The molecule has 0 unspecified atom stereocenters. The Morgan fingerprint density at radius 1 is 1.12 bits per heavy atom. The lowest BCUT2D eigenvalue weighted by Gasteiger charge is -2.15. The molecule has 0 aliphatic carbocycles. The van der Waals surface area contributed by atoms with Crippen LogP contribution in [0.1, 0.15) is 11.1 Å². The second-order valence-electron chi connectivity index (χ2n) is 6.78. The SMILES string of the molecule is COc1cc(CNn2c(-c3ccncc3)n[nH]c2=S)cc(Cl)c1OCc1ccc(F)cc1. The first kappa shape index (κ1) is 21.8. The van der Waals surface area contributed by atoms with Crippen LogP contribution >= 0.6 is 23.8 Å². The van der Waals surface area contributed by atoms with Crippen LogP contribution in [0.5, 0.6) is 11.5 Å². The standard InChI is InChI=1S/C22H19ClFN5O2S/c1-30-19-11-15(10-18(23)20(19)31-13-14-2-4-17(24)5-3-14)12-26-29-21(27-28-22(29)32)16-6-8-25-9-7-16/h2-11,26H,12-13H2,1H3,(H,28,32). The fourth-order valence-corrected chi connectivity index (χ4v) is 3.54. The zero-order chi connectivity index (χ0) is 22.5. The summed E-state index contributed by atoms with van der Waals surface area (Å²) >= 11 is 11.8. The minimum atomic E-state index is -0.300. The third kappa shape index (κ3) is 4.90. The zero-order valence-corrected chi connectivity index (χ0v) is 18.6. The Balaban J connectivity index is 1.51. The molecule has 4 rings (SSSR count). The second kappa shape index (κ2) is 9.80. The summed E-state index contributed by atoms with van der Waals surface area (Å²) in [7, 11) is 1.54. The van der Waals surface area contributed by atoms with Crippen LogP contribution in [0.25, 0.3) is 11.4 Å². The first-order valence-corrected chi connectivity index (χ1v) is 10.4. The Bertz CT molecular complexity index is 1260. The number of rotatable bonds is 8. The lowest BCUT2D eigenvalue weighted by atomic mass is 10.2. The Morgan fingerprint density at radius 2 is 1.88 bits per heavy atom. The van der Waals surface area contributed by atoms with Gasteiger partial charge in [0.1, 0.15) is 12.4 Å². The van der Waals surface area contributed by atoms with Crippen molar-refractivity contribution in [3.63, 3.8) is 0 Å². The number of methoxy groups -OCH3 is 1. The minimum absolute atomic E-state index is 0.230. The molecular formula is C22H19ClFN5O2S. The lowest BCUT2D eigenvalue weighted by Crippen LogP contribution is -2.16. The molecule has 0 saturated heterocycles. The highest BCUT2D eigenvalue weighted by molar-refractivity contribution is 7.71. The number of pyridine rings is 1. The van der Waals surface area contributed by atoms with Crippen molar-refractivity contribution in [2.75, 3.05) is 12.5 Å². The summed E-state index contributed by atoms with van der Waals surface area (Å²) in [6.45, 7) is 0.633. The van der Waals surface area contributed by atoms with Gasteiger partial charge in [-0.15, -0.1) is 0 Å². The molecule has 164 valence electrons. The number of hydrogen-bond donors (Lipinski definition) is 2. The monoisotopic (exact) mass is 471 g/mol. The topological polar surface area (TPSA) is 77.0 Å². The van der Waals surface area contributed by atoms with Crippen LogP contribution in [0.2, 0.25) is 5.02 Å². The van der Waals surface area contributed by atoms with E-state index in [9.17, 15) is 4.39 Å². The van der Waals surface area contributed by atoms with Crippen LogP contribution in [0.15, 0.2) is 60.9 Å². The molecule has 0 atom stereocenters. The molecule has 2 aromatic carbocycles. The van der Waals surface area contributed by atoms with Crippen LogP contribution in [0.3, 0.4) is 0 Å². The highest BCUT2D eigenvalue weighted by Gasteiger charge is 2.14. The van der Waals surface area contributed by atoms with Gasteiger partial charge in [0.15, 0.2) is 17.3 Å². The normalized spacial score (nSPS) is 10.7. The number of aromatic amines is 1. The Hall–Kier alpha value is -3.43. The number of nitrogens with zero attached hydrogens (tertiary/aromatic N) is 3. The predicted molar refractivity (Wildman–Crippen MR) is 122 cm³/mol. The molecule has 2 aromatic heterocycles. The maximum absolute atomic E-state index is 13.1. The van der Waals surface area contributed by atoms with Gasteiger partial charge < -0.3 is 14.9 Å². The molecule has 7 nitrogen and oxygen atoms in total. The summed E-state index contributed by atoms with van der Waals surface area (Å²) < 4.78 is 26.5. The molecule has 0 spiro atoms. The fraction of sp³-hybridized carbons (Fsp3) is 0.136. The molecule has 4 aromatic rings. The quantitative estimate of drug-likeness (QED) is 0.347. The molecule has 0 aliphatic heterocycles. The number of H-pyrrole nitrogens is 1. The van der Waals surface area contributed by atoms with Crippen LogP contribution in [-0.2, 0) is 13.2 Å². The van der Waals surface area contributed by atoms with Gasteiger partial charge in [0, 0.05) is 18.0 Å². The molecule has 2 heterocycles. The van der Waals surface area contributed by atoms with Crippen molar-refractivity contribution in [2.24, 2.45) is 0 Å². The zero-order valence-electron chi connectivity index (χ0n) is 17.0. The van der Waals surface area contributed by atoms with E-state index in [2.05, 4.69) is 20.6 Å². The summed E-state index contributed by atoms with van der Waals surface area (Å²) in [5.41, 5.74) is 5.77. The van der Waals surface area contributed by atoms with Crippen molar-refractivity contribution in [1.82, 2.24) is 19.9 Å². The summed E-state index contributed by atoms with van der Waals surface area (Å²) in [5, 5.41) is 7.47. The third-order valence-corrected chi connectivity index (χ3v) is 5.19. The van der Waals surface area contributed by atoms with E-state index in [0.717, 1.165) is 16.7 Å². The second-order valence-corrected chi connectivity index (χ2v) is 7.58. The van der Waals surface area contributed by atoms with Gasteiger partial charge in [-0.05, 0) is 59.7 Å². The average Bonchev–Trinajstić information content (AvgIpc) is 3.18. The number of benzene rings is 2. The molecule has 0 fully saturated rings. The van der Waals surface area contributed by atoms with E-state index >= 15 is 0 Å². The van der Waals surface area contributed by atoms with E-state index in [1.54, 1.807) is 42.4 Å². The smallest absolute Gasteiger partial charge is 0.214 e. The van der Waals surface area contributed by atoms with Gasteiger partial charge in [0.2, 0.25) is 4.77 Å². The number of halogens is 2. The molecule has 0 amide bonds. The number of aromatic nitrogens is 4. The predicted octanol–water partition coefficient (Wildman–Crippen LogP) is 5.13. The van der Waals surface area contributed by atoms with Crippen LogP contribution in [-0.4, -0.2) is 27.0 Å². The molecule has 0 aliphatic rings. The van der Waals surface area contributed by atoms with Crippen LogP contribution in [0, 0.1) is 10.6 Å². The van der Waals surface area contributed by atoms with Gasteiger partial charge >= 0.3 is 0 Å². The number of ether oxygens (including phenoxy) is 2. The maximum atomic E-state index is 13.1. The summed E-state index contributed by atoms with van der Waals surface area (Å²) in [6, 6.07) is 13.4. The summed E-state index contributed by atoms with van der Waals surface area (Å²) in [4.78, 5) is 4.03. The van der Waals surface area contributed by atoms with E-state index in [4.69, 9.17) is 33.3 Å². The molecule has 2 N–H and O–H groups in total. The van der Waals surface area contributed by atoms with E-state index in [-0.39, 0.29) is 12.4 Å². The fourth-order valence-electron chi connectivity index (χ4n) is 3.06. The first-order valence-electron chi connectivity index (χ1n) is 9.60. The maximum Gasteiger partial charge on any atom is 0.214 e. The van der Waals surface area contributed by atoms with Gasteiger partial charge in [0.25, 0.3) is 0 Å². The first-order chi connectivity index (χ1) is 15.5. The van der Waals surface area contributed by atoms with Crippen molar-refractivity contribution in [1.29, 1.82) is 0 Å². The Labute approximate surface area is 193 Å². The molecule has 0 radical (unpaired) electrons. The third-order valence-electron chi connectivity index (χ3n) is 4.64. The Morgan fingerprint density at radius 3 is 2.59 bits per heavy atom. The van der Waals surface area contributed by atoms with E-state index in [1.807, 2.05) is 18.2 Å². The molecular weight excluding hydrogens is 453 g/mol. The highest BCUT2D eigenvalue weighted by Crippen LogP contribution is 2.37. The molecule has 32 heavy (non-hydrogen) atoms. The van der Waals surface area contributed by atoms with E-state index in [0.29, 0.717) is 33.7 Å². The minimum Gasteiger partial charge on any atom is -0.493 e. The molecule has 0 saturated carbocycles. The summed E-state index contributed by atoms with van der Waals surface area (Å²) in [6.07, 6.45) is 3.37. The van der Waals surface area contributed by atoms with Gasteiger partial charge in [-0.1, -0.05) is 23.7 Å². The lowest BCUT2D eigenvalue weighted by molar-refractivity contribution is 0.284.